The van der Waals surface area contributed by atoms with Crippen molar-refractivity contribution in [2.75, 3.05) is 6.54 Å². The van der Waals surface area contributed by atoms with Crippen LogP contribution < -0.4 is 5.32 Å². The van der Waals surface area contributed by atoms with Gasteiger partial charge in [0.25, 0.3) is 0 Å². The normalized spacial score (nSPS) is 14.8. The van der Waals surface area contributed by atoms with Crippen molar-refractivity contribution in [1.29, 1.82) is 0 Å². The van der Waals surface area contributed by atoms with Crippen LogP contribution in [0.5, 0.6) is 5.75 Å². The summed E-state index contributed by atoms with van der Waals surface area (Å²) in [6.07, 6.45) is 3.11. The molecule has 4 heteroatoms. The lowest BCUT2D eigenvalue weighted by Crippen LogP contribution is -2.22. The third-order valence-electron chi connectivity index (χ3n) is 2.86. The van der Waals surface area contributed by atoms with E-state index in [1.54, 1.807) is 12.1 Å². The predicted molar refractivity (Wildman–Crippen MR) is 60.6 cm³/mol. The second-order valence-electron chi connectivity index (χ2n) is 3.99. The minimum absolute atomic E-state index is 0.280. The second kappa shape index (κ2) is 3.64. The van der Waals surface area contributed by atoms with Crippen molar-refractivity contribution < 1.29 is 5.11 Å². The summed E-state index contributed by atoms with van der Waals surface area (Å²) in [6.45, 7) is 1.87. The maximum absolute atomic E-state index is 9.23. The first-order valence-electron chi connectivity index (χ1n) is 5.40. The Morgan fingerprint density at radius 3 is 2.81 bits per heavy atom. The lowest BCUT2D eigenvalue weighted by molar-refractivity contribution is 0.475. The Morgan fingerprint density at radius 2 is 2.06 bits per heavy atom. The Labute approximate surface area is 93.5 Å². The van der Waals surface area contributed by atoms with Gasteiger partial charge in [0.2, 0.25) is 0 Å². The molecule has 1 aromatic carbocycles. The van der Waals surface area contributed by atoms with Gasteiger partial charge in [-0.15, -0.1) is 0 Å². The fourth-order valence-corrected chi connectivity index (χ4v) is 1.97. The molecule has 1 aliphatic heterocycles. The maximum Gasteiger partial charge on any atom is 0.115 e. The molecule has 0 amide bonds. The molecule has 0 saturated heterocycles. The van der Waals surface area contributed by atoms with Gasteiger partial charge >= 0.3 is 0 Å². The Morgan fingerprint density at radius 1 is 1.25 bits per heavy atom. The highest BCUT2D eigenvalue weighted by molar-refractivity contribution is 5.37. The topological polar surface area (TPSA) is 50.1 Å². The highest BCUT2D eigenvalue weighted by atomic mass is 16.3. The van der Waals surface area contributed by atoms with Gasteiger partial charge in [-0.1, -0.05) is 0 Å². The molecule has 1 aromatic heterocycles. The first-order chi connectivity index (χ1) is 7.83. The zero-order valence-electron chi connectivity index (χ0n) is 8.85. The number of phenols is 1. The molecule has 4 nitrogen and oxygen atoms in total. The number of aromatic nitrogens is 2. The van der Waals surface area contributed by atoms with E-state index in [-0.39, 0.29) is 5.75 Å². The van der Waals surface area contributed by atoms with Crippen molar-refractivity contribution >= 4 is 0 Å². The van der Waals surface area contributed by atoms with E-state index in [1.807, 2.05) is 16.8 Å². The van der Waals surface area contributed by atoms with Crippen LogP contribution in [0.3, 0.4) is 0 Å². The molecule has 0 unspecified atom stereocenters. The summed E-state index contributed by atoms with van der Waals surface area (Å²) < 4.78 is 1.87. The van der Waals surface area contributed by atoms with E-state index >= 15 is 0 Å². The molecule has 0 saturated carbocycles. The number of nitrogens with zero attached hydrogens (tertiary/aromatic N) is 2. The first kappa shape index (κ1) is 9.42. The number of hydrogen-bond acceptors (Lipinski definition) is 3. The summed E-state index contributed by atoms with van der Waals surface area (Å²) in [7, 11) is 0. The second-order valence-corrected chi connectivity index (χ2v) is 3.99. The molecule has 0 aliphatic carbocycles. The average Bonchev–Trinajstić information content (AvgIpc) is 2.73. The summed E-state index contributed by atoms with van der Waals surface area (Å²) >= 11 is 0. The van der Waals surface area contributed by atoms with Crippen molar-refractivity contribution in [3.05, 3.63) is 41.7 Å². The van der Waals surface area contributed by atoms with Crippen molar-refractivity contribution in [1.82, 2.24) is 15.1 Å². The van der Waals surface area contributed by atoms with Gasteiger partial charge in [-0.3, -0.25) is 0 Å². The van der Waals surface area contributed by atoms with Crippen LogP contribution in [0.15, 0.2) is 30.5 Å². The van der Waals surface area contributed by atoms with E-state index in [9.17, 15) is 5.11 Å². The van der Waals surface area contributed by atoms with Crippen LogP contribution in [0.4, 0.5) is 0 Å². The molecule has 0 spiro atoms. The number of phenolic OH excluding ortho intramolecular Hbond substituents is 1. The largest absolute Gasteiger partial charge is 0.508 e. The highest BCUT2D eigenvalue weighted by Crippen LogP contribution is 2.17. The summed E-state index contributed by atoms with van der Waals surface area (Å²) in [5.74, 6) is 0.280. The molecule has 0 fully saturated rings. The smallest absolute Gasteiger partial charge is 0.115 e. The highest BCUT2D eigenvalue weighted by Gasteiger charge is 2.13. The SMILES string of the molecule is Oc1ccc(-n2cc3c(n2)CNCC3)cc1. The number of hydrogen-bond donors (Lipinski definition) is 2. The van der Waals surface area contributed by atoms with Crippen LogP contribution in [0.2, 0.25) is 0 Å². The van der Waals surface area contributed by atoms with E-state index in [2.05, 4.69) is 16.6 Å². The minimum Gasteiger partial charge on any atom is -0.508 e. The number of benzene rings is 1. The fraction of sp³-hybridized carbons (Fsp3) is 0.250. The monoisotopic (exact) mass is 215 g/mol. The lowest BCUT2D eigenvalue weighted by atomic mass is 10.1. The fourth-order valence-electron chi connectivity index (χ4n) is 1.97. The van der Waals surface area contributed by atoms with Gasteiger partial charge in [0.15, 0.2) is 0 Å². The van der Waals surface area contributed by atoms with Crippen LogP contribution in [-0.4, -0.2) is 21.4 Å². The Balaban J connectivity index is 2.00. The maximum atomic E-state index is 9.23. The number of aromatic hydroxyl groups is 1. The van der Waals surface area contributed by atoms with E-state index < -0.39 is 0 Å². The summed E-state index contributed by atoms with van der Waals surface area (Å²) in [5, 5.41) is 17.0. The van der Waals surface area contributed by atoms with Gasteiger partial charge in [0, 0.05) is 12.7 Å². The molecule has 2 N–H and O–H groups in total. The van der Waals surface area contributed by atoms with Crippen LogP contribution in [0, 0.1) is 0 Å². The number of rotatable bonds is 1. The third-order valence-corrected chi connectivity index (χ3v) is 2.86. The molecule has 2 aromatic rings. The van der Waals surface area contributed by atoms with Crippen LogP contribution in [0.25, 0.3) is 5.69 Å². The molecule has 0 bridgehead atoms. The van der Waals surface area contributed by atoms with E-state index in [0.29, 0.717) is 0 Å². The van der Waals surface area contributed by atoms with E-state index in [4.69, 9.17) is 0 Å². The average molecular weight is 215 g/mol. The summed E-state index contributed by atoms with van der Waals surface area (Å²) in [5.41, 5.74) is 3.42. The molecule has 2 heterocycles. The first-order valence-corrected chi connectivity index (χ1v) is 5.40. The third kappa shape index (κ3) is 1.57. The molecule has 82 valence electrons. The van der Waals surface area contributed by atoms with Gasteiger partial charge < -0.3 is 10.4 Å². The van der Waals surface area contributed by atoms with Gasteiger partial charge in [0.1, 0.15) is 5.75 Å². The van der Waals surface area contributed by atoms with Gasteiger partial charge in [-0.2, -0.15) is 5.10 Å². The van der Waals surface area contributed by atoms with Crippen molar-refractivity contribution in [3.8, 4) is 11.4 Å². The molecule has 3 rings (SSSR count). The van der Waals surface area contributed by atoms with Crippen LogP contribution >= 0.6 is 0 Å². The Hall–Kier alpha value is -1.81. The summed E-state index contributed by atoms with van der Waals surface area (Å²) in [4.78, 5) is 0. The summed E-state index contributed by atoms with van der Waals surface area (Å²) in [6, 6.07) is 7.07. The predicted octanol–water partition coefficient (Wildman–Crippen LogP) is 1.22. The van der Waals surface area contributed by atoms with E-state index in [0.717, 1.165) is 30.9 Å². The molecular weight excluding hydrogens is 202 g/mol. The van der Waals surface area contributed by atoms with Crippen molar-refractivity contribution in [3.63, 3.8) is 0 Å². The van der Waals surface area contributed by atoms with E-state index in [1.165, 1.54) is 5.56 Å². The Bertz CT molecular complexity index is 478. The number of nitrogens with one attached hydrogen (secondary N) is 1. The lowest BCUT2D eigenvalue weighted by Gasteiger charge is -2.09. The zero-order valence-corrected chi connectivity index (χ0v) is 8.85. The van der Waals surface area contributed by atoms with Crippen molar-refractivity contribution in [2.24, 2.45) is 0 Å². The Kier molecular flexibility index (Phi) is 2.15. The molecule has 0 radical (unpaired) electrons. The molecule has 16 heavy (non-hydrogen) atoms. The van der Waals surface area contributed by atoms with Crippen molar-refractivity contribution in [2.45, 2.75) is 13.0 Å². The molecular formula is C12H13N3O. The van der Waals surface area contributed by atoms with Crippen LogP contribution in [0.1, 0.15) is 11.3 Å². The van der Waals surface area contributed by atoms with Gasteiger partial charge in [0.05, 0.1) is 11.4 Å². The van der Waals surface area contributed by atoms with Crippen LogP contribution in [-0.2, 0) is 13.0 Å². The quantitative estimate of drug-likeness (QED) is 0.752. The molecule has 0 atom stereocenters. The minimum atomic E-state index is 0.280. The molecule has 1 aliphatic rings. The van der Waals surface area contributed by atoms with Gasteiger partial charge in [-0.05, 0) is 42.8 Å². The van der Waals surface area contributed by atoms with Gasteiger partial charge in [-0.25, -0.2) is 4.68 Å². The standard InChI is InChI=1S/C12H13N3O/c16-11-3-1-10(2-4-11)15-8-9-5-6-13-7-12(9)14-15/h1-4,8,13,16H,5-7H2. The zero-order chi connectivity index (χ0) is 11.0. The number of fused-ring (bicyclic) bond motifs is 1.